The van der Waals surface area contributed by atoms with Gasteiger partial charge in [0.2, 0.25) is 0 Å². The lowest BCUT2D eigenvalue weighted by Gasteiger charge is -2.09. The highest BCUT2D eigenvalue weighted by Crippen LogP contribution is 2.26. The lowest BCUT2D eigenvalue weighted by atomic mass is 9.98. The summed E-state index contributed by atoms with van der Waals surface area (Å²) >= 11 is 5.82. The first-order valence-electron chi connectivity index (χ1n) is 8.47. The molecule has 2 heterocycles. The summed E-state index contributed by atoms with van der Waals surface area (Å²) in [6.07, 6.45) is 2.20. The van der Waals surface area contributed by atoms with E-state index in [0.29, 0.717) is 34.9 Å². The minimum Gasteiger partial charge on any atom is -0.411 e. The van der Waals surface area contributed by atoms with Gasteiger partial charge in [0.15, 0.2) is 0 Å². The van der Waals surface area contributed by atoms with Crippen molar-refractivity contribution >= 4 is 39.2 Å². The molecule has 12 heteroatoms. The predicted octanol–water partition coefficient (Wildman–Crippen LogP) is 1.45. The van der Waals surface area contributed by atoms with Crippen molar-refractivity contribution in [1.82, 2.24) is 9.71 Å². The number of nitrogens with zero attached hydrogens (tertiary/aromatic N) is 3. The van der Waals surface area contributed by atoms with Gasteiger partial charge in [-0.1, -0.05) is 22.8 Å². The molecule has 0 spiro atoms. The largest absolute Gasteiger partial charge is 0.411 e. The van der Waals surface area contributed by atoms with E-state index in [9.17, 15) is 18.0 Å². The molecule has 5 N–H and O–H groups in total. The molecule has 0 aliphatic carbocycles. The summed E-state index contributed by atoms with van der Waals surface area (Å²) in [5.74, 6) is 0.641. The Hall–Kier alpha value is -2.60. The van der Waals surface area contributed by atoms with Crippen molar-refractivity contribution in [2.24, 2.45) is 15.3 Å². The zero-order chi connectivity index (χ0) is 21.0. The van der Waals surface area contributed by atoms with Crippen LogP contribution < -0.4 is 15.2 Å². The van der Waals surface area contributed by atoms with Crippen LogP contribution in [0.25, 0.3) is 0 Å². The van der Waals surface area contributed by atoms with Crippen molar-refractivity contribution in [3.05, 3.63) is 58.0 Å². The van der Waals surface area contributed by atoms with E-state index in [1.807, 2.05) is 0 Å². The van der Waals surface area contributed by atoms with Crippen LogP contribution in [0.5, 0.6) is 0 Å². The lowest BCUT2D eigenvalue weighted by Crippen LogP contribution is -2.32. The Morgan fingerprint density at radius 3 is 2.90 bits per heavy atom. The molecule has 0 fully saturated rings. The third-order valence-electron chi connectivity index (χ3n) is 4.17. The van der Waals surface area contributed by atoms with Crippen LogP contribution in [0.2, 0.25) is 5.02 Å². The Morgan fingerprint density at radius 2 is 2.21 bits per heavy atom. The van der Waals surface area contributed by atoms with E-state index in [1.165, 1.54) is 12.1 Å². The number of halogens is 2. The first-order valence-corrected chi connectivity index (χ1v) is 10.4. The number of amidine groups is 1. The summed E-state index contributed by atoms with van der Waals surface area (Å²) in [6.45, 7) is 0.256. The second kappa shape index (κ2) is 8.82. The number of pyridine rings is 1. The van der Waals surface area contributed by atoms with Gasteiger partial charge in [-0.05, 0) is 23.8 Å². The van der Waals surface area contributed by atoms with Crippen molar-refractivity contribution in [2.45, 2.75) is 12.8 Å². The standard InChI is InChI=1S/C17H18ClFN6O3S/c18-13-7-10(1-2-14(13)19)8-15(25-26)11-3-4-22-17-12(11)9-16(24-17)21-5-6-23-29(20,27)28/h1-4,7,23,26H,5-6,8-9H2,(H2,20,27,28)(H,21,22,24)/b25-15+. The van der Waals surface area contributed by atoms with E-state index < -0.39 is 16.0 Å². The van der Waals surface area contributed by atoms with Gasteiger partial charge in [-0.3, -0.25) is 4.99 Å². The van der Waals surface area contributed by atoms with E-state index in [1.54, 1.807) is 18.3 Å². The fraction of sp³-hybridized carbons (Fsp3) is 0.235. The zero-order valence-corrected chi connectivity index (χ0v) is 16.6. The number of anilines is 1. The second-order valence-corrected chi connectivity index (χ2v) is 8.01. The van der Waals surface area contributed by atoms with Gasteiger partial charge in [0.05, 0.1) is 17.3 Å². The summed E-state index contributed by atoms with van der Waals surface area (Å²) < 4.78 is 37.3. The van der Waals surface area contributed by atoms with Gasteiger partial charge in [0.25, 0.3) is 10.2 Å². The number of fused-ring (bicyclic) bond motifs is 1. The molecular formula is C17H18ClFN6O3S. The summed E-state index contributed by atoms with van der Waals surface area (Å²) in [5.41, 5.74) is 2.50. The van der Waals surface area contributed by atoms with Crippen LogP contribution in [0.1, 0.15) is 16.7 Å². The van der Waals surface area contributed by atoms with Gasteiger partial charge in [-0.15, -0.1) is 0 Å². The Labute approximate surface area is 171 Å². The molecule has 0 bridgehead atoms. The molecule has 0 unspecified atom stereocenters. The molecule has 29 heavy (non-hydrogen) atoms. The summed E-state index contributed by atoms with van der Waals surface area (Å²) in [7, 11) is -3.76. The first-order chi connectivity index (χ1) is 13.8. The van der Waals surface area contributed by atoms with Crippen LogP contribution >= 0.6 is 11.6 Å². The van der Waals surface area contributed by atoms with E-state index in [-0.39, 0.29) is 24.5 Å². The highest BCUT2D eigenvalue weighted by atomic mass is 35.5. The molecule has 1 aromatic carbocycles. The molecule has 0 atom stereocenters. The number of aromatic nitrogens is 1. The van der Waals surface area contributed by atoms with Crippen molar-refractivity contribution in [2.75, 3.05) is 18.4 Å². The number of nitrogens with two attached hydrogens (primary N) is 1. The maximum Gasteiger partial charge on any atom is 0.274 e. The van der Waals surface area contributed by atoms with Gasteiger partial charge < -0.3 is 10.5 Å². The van der Waals surface area contributed by atoms with E-state index in [4.69, 9.17) is 16.7 Å². The highest BCUT2D eigenvalue weighted by molar-refractivity contribution is 7.87. The average Bonchev–Trinajstić information content (AvgIpc) is 3.08. The normalized spacial score (nSPS) is 15.4. The number of benzene rings is 1. The first kappa shape index (κ1) is 21.1. The molecule has 0 saturated carbocycles. The van der Waals surface area contributed by atoms with Crippen LogP contribution in [0.4, 0.5) is 10.2 Å². The van der Waals surface area contributed by atoms with Crippen LogP contribution in [0.15, 0.2) is 40.6 Å². The average molecular weight is 441 g/mol. The third-order valence-corrected chi connectivity index (χ3v) is 5.06. The Bertz CT molecular complexity index is 1090. The maximum absolute atomic E-state index is 13.4. The summed E-state index contributed by atoms with van der Waals surface area (Å²) in [4.78, 5) is 8.55. The molecule has 1 aliphatic heterocycles. The number of oxime groups is 1. The highest BCUT2D eigenvalue weighted by Gasteiger charge is 2.23. The maximum atomic E-state index is 13.4. The lowest BCUT2D eigenvalue weighted by molar-refractivity contribution is 0.318. The van der Waals surface area contributed by atoms with Crippen molar-refractivity contribution < 1.29 is 18.0 Å². The van der Waals surface area contributed by atoms with Gasteiger partial charge in [0, 0.05) is 36.7 Å². The van der Waals surface area contributed by atoms with E-state index in [0.717, 1.165) is 5.56 Å². The van der Waals surface area contributed by atoms with Crippen LogP contribution in [0.3, 0.4) is 0 Å². The second-order valence-electron chi connectivity index (χ2n) is 6.23. The number of nitrogens with one attached hydrogen (secondary N) is 2. The van der Waals surface area contributed by atoms with Crippen molar-refractivity contribution in [3.8, 4) is 0 Å². The van der Waals surface area contributed by atoms with Gasteiger partial charge >= 0.3 is 0 Å². The van der Waals surface area contributed by atoms with Crippen molar-refractivity contribution in [1.29, 1.82) is 0 Å². The van der Waals surface area contributed by atoms with Crippen LogP contribution in [-0.2, 0) is 23.1 Å². The SMILES string of the molecule is NS(=O)(=O)NCCN=C1Cc2c(/C(Cc3ccc(F)c(Cl)c3)=N/O)ccnc2N1. The molecular weight excluding hydrogens is 423 g/mol. The predicted molar refractivity (Wildman–Crippen MR) is 108 cm³/mol. The summed E-state index contributed by atoms with van der Waals surface area (Å²) in [6, 6.07) is 6.02. The number of hydrogen-bond acceptors (Lipinski definition) is 6. The van der Waals surface area contributed by atoms with Gasteiger partial charge in [0.1, 0.15) is 17.5 Å². The molecule has 3 rings (SSSR count). The zero-order valence-electron chi connectivity index (χ0n) is 15.1. The summed E-state index contributed by atoms with van der Waals surface area (Å²) in [5, 5.41) is 20.9. The molecule has 9 nitrogen and oxygen atoms in total. The topological polar surface area (TPSA) is 142 Å². The van der Waals surface area contributed by atoms with Gasteiger partial charge in [-0.2, -0.15) is 8.42 Å². The molecule has 0 radical (unpaired) electrons. The number of aliphatic imine (C=N–C) groups is 1. The monoisotopic (exact) mass is 440 g/mol. The Morgan fingerprint density at radius 1 is 1.41 bits per heavy atom. The van der Waals surface area contributed by atoms with Crippen molar-refractivity contribution in [3.63, 3.8) is 0 Å². The van der Waals surface area contributed by atoms with E-state index >= 15 is 0 Å². The van der Waals surface area contributed by atoms with Gasteiger partial charge in [-0.25, -0.2) is 19.2 Å². The minimum absolute atomic E-state index is 0.0102. The quantitative estimate of drug-likeness (QED) is 0.223. The molecule has 1 aliphatic rings. The fourth-order valence-electron chi connectivity index (χ4n) is 2.90. The molecule has 154 valence electrons. The van der Waals surface area contributed by atoms with E-state index in [2.05, 4.69) is 25.2 Å². The Kier molecular flexibility index (Phi) is 6.42. The fourth-order valence-corrected chi connectivity index (χ4v) is 3.48. The third kappa shape index (κ3) is 5.48. The smallest absolute Gasteiger partial charge is 0.274 e. The molecule has 2 aromatic rings. The number of rotatable bonds is 7. The molecule has 1 aromatic heterocycles. The number of hydrogen-bond donors (Lipinski definition) is 4. The molecule has 0 saturated heterocycles. The molecule has 0 amide bonds. The van der Waals surface area contributed by atoms with Crippen LogP contribution in [-0.4, -0.2) is 43.2 Å². The Balaban J connectivity index is 1.76. The minimum atomic E-state index is -3.76. The van der Waals surface area contributed by atoms with Crippen LogP contribution in [0, 0.1) is 5.82 Å².